The van der Waals surface area contributed by atoms with Crippen LogP contribution in [0.5, 0.6) is 0 Å². The van der Waals surface area contributed by atoms with Gasteiger partial charge in [-0.15, -0.1) is 0 Å². The number of ether oxygens (including phenoxy) is 1. The van der Waals surface area contributed by atoms with E-state index in [4.69, 9.17) is 4.74 Å². The lowest BCUT2D eigenvalue weighted by Crippen LogP contribution is -2.29. The standard InChI is InChI=1S/C14H23NO/c1-14(2,16-3)10-12-15-11-9-13-7-5-4-6-8-13/h4-8,15H,9-12H2,1-3H3. The topological polar surface area (TPSA) is 21.3 Å². The van der Waals surface area contributed by atoms with Gasteiger partial charge in [0.2, 0.25) is 0 Å². The minimum atomic E-state index is -0.0141. The third-order valence-corrected chi connectivity index (χ3v) is 2.89. The Morgan fingerprint density at radius 2 is 1.81 bits per heavy atom. The van der Waals surface area contributed by atoms with Gasteiger partial charge in [-0.05, 0) is 45.3 Å². The van der Waals surface area contributed by atoms with Gasteiger partial charge in [-0.3, -0.25) is 0 Å². The summed E-state index contributed by atoms with van der Waals surface area (Å²) in [5.41, 5.74) is 1.38. The third kappa shape index (κ3) is 5.29. The van der Waals surface area contributed by atoms with Gasteiger partial charge in [0.1, 0.15) is 0 Å². The highest BCUT2D eigenvalue weighted by Crippen LogP contribution is 2.11. The van der Waals surface area contributed by atoms with Gasteiger partial charge in [0.25, 0.3) is 0 Å². The monoisotopic (exact) mass is 221 g/mol. The minimum Gasteiger partial charge on any atom is -0.379 e. The van der Waals surface area contributed by atoms with E-state index in [0.717, 1.165) is 25.9 Å². The van der Waals surface area contributed by atoms with Crippen LogP contribution in [0.4, 0.5) is 0 Å². The van der Waals surface area contributed by atoms with Crippen molar-refractivity contribution in [1.29, 1.82) is 0 Å². The van der Waals surface area contributed by atoms with Crippen LogP contribution in [0.1, 0.15) is 25.8 Å². The maximum absolute atomic E-state index is 5.36. The molecule has 0 saturated carbocycles. The zero-order chi connectivity index (χ0) is 11.9. The van der Waals surface area contributed by atoms with Gasteiger partial charge >= 0.3 is 0 Å². The molecule has 0 aliphatic rings. The summed E-state index contributed by atoms with van der Waals surface area (Å²) in [7, 11) is 1.77. The van der Waals surface area contributed by atoms with E-state index < -0.39 is 0 Å². The van der Waals surface area contributed by atoms with Crippen molar-refractivity contribution < 1.29 is 4.74 Å². The number of hydrogen-bond donors (Lipinski definition) is 1. The van der Waals surface area contributed by atoms with Crippen LogP contribution in [-0.2, 0) is 11.2 Å². The minimum absolute atomic E-state index is 0.0141. The lowest BCUT2D eigenvalue weighted by molar-refractivity contribution is 0.0159. The average Bonchev–Trinajstić information content (AvgIpc) is 2.30. The van der Waals surface area contributed by atoms with E-state index in [1.165, 1.54) is 5.56 Å². The SMILES string of the molecule is COC(C)(C)CCNCCc1ccccc1. The van der Waals surface area contributed by atoms with Crippen LogP contribution in [0.2, 0.25) is 0 Å². The van der Waals surface area contributed by atoms with E-state index >= 15 is 0 Å². The Morgan fingerprint density at radius 1 is 1.12 bits per heavy atom. The maximum Gasteiger partial charge on any atom is 0.0634 e. The van der Waals surface area contributed by atoms with Gasteiger partial charge in [-0.2, -0.15) is 0 Å². The summed E-state index contributed by atoms with van der Waals surface area (Å²) in [5.74, 6) is 0. The van der Waals surface area contributed by atoms with Crippen LogP contribution in [0.15, 0.2) is 30.3 Å². The molecule has 0 heterocycles. The van der Waals surface area contributed by atoms with E-state index in [2.05, 4.69) is 49.5 Å². The highest BCUT2D eigenvalue weighted by molar-refractivity contribution is 5.14. The summed E-state index contributed by atoms with van der Waals surface area (Å²) in [6.07, 6.45) is 2.13. The van der Waals surface area contributed by atoms with E-state index in [9.17, 15) is 0 Å². The molecular weight excluding hydrogens is 198 g/mol. The van der Waals surface area contributed by atoms with Crippen molar-refractivity contribution >= 4 is 0 Å². The van der Waals surface area contributed by atoms with Crippen LogP contribution in [0.25, 0.3) is 0 Å². The molecule has 90 valence electrons. The lowest BCUT2D eigenvalue weighted by atomic mass is 10.1. The Bertz CT molecular complexity index is 282. The van der Waals surface area contributed by atoms with Crippen LogP contribution >= 0.6 is 0 Å². The predicted molar refractivity (Wildman–Crippen MR) is 68.7 cm³/mol. The first-order valence-electron chi connectivity index (χ1n) is 5.94. The molecule has 0 aliphatic carbocycles. The van der Waals surface area contributed by atoms with Crippen molar-refractivity contribution in [1.82, 2.24) is 5.32 Å². The summed E-state index contributed by atoms with van der Waals surface area (Å²) in [6, 6.07) is 10.6. The molecule has 0 saturated heterocycles. The molecule has 0 unspecified atom stereocenters. The first-order chi connectivity index (χ1) is 7.64. The van der Waals surface area contributed by atoms with Gasteiger partial charge in [-0.25, -0.2) is 0 Å². The molecule has 1 aromatic rings. The second-order valence-electron chi connectivity index (χ2n) is 4.70. The van der Waals surface area contributed by atoms with Gasteiger partial charge in [0.15, 0.2) is 0 Å². The van der Waals surface area contributed by atoms with E-state index in [1.807, 2.05) is 0 Å². The molecule has 1 rings (SSSR count). The lowest BCUT2D eigenvalue weighted by Gasteiger charge is -2.22. The van der Waals surface area contributed by atoms with E-state index in [0.29, 0.717) is 0 Å². The van der Waals surface area contributed by atoms with Crippen molar-refractivity contribution in [3.05, 3.63) is 35.9 Å². The van der Waals surface area contributed by atoms with Gasteiger partial charge in [0.05, 0.1) is 5.60 Å². The van der Waals surface area contributed by atoms with Crippen molar-refractivity contribution in [3.63, 3.8) is 0 Å². The molecule has 0 bridgehead atoms. The molecule has 0 radical (unpaired) electrons. The van der Waals surface area contributed by atoms with Crippen molar-refractivity contribution in [3.8, 4) is 0 Å². The molecule has 0 spiro atoms. The smallest absolute Gasteiger partial charge is 0.0634 e. The molecule has 2 heteroatoms. The summed E-state index contributed by atoms with van der Waals surface area (Å²) in [5, 5.41) is 3.44. The molecule has 16 heavy (non-hydrogen) atoms. The Hall–Kier alpha value is -0.860. The summed E-state index contributed by atoms with van der Waals surface area (Å²) >= 11 is 0. The fourth-order valence-electron chi connectivity index (χ4n) is 1.49. The Labute approximate surface area is 99.0 Å². The van der Waals surface area contributed by atoms with Crippen molar-refractivity contribution in [2.24, 2.45) is 0 Å². The van der Waals surface area contributed by atoms with Crippen LogP contribution in [0, 0.1) is 0 Å². The fraction of sp³-hybridized carbons (Fsp3) is 0.571. The van der Waals surface area contributed by atoms with Crippen molar-refractivity contribution in [2.45, 2.75) is 32.3 Å². The van der Waals surface area contributed by atoms with Crippen LogP contribution in [0.3, 0.4) is 0 Å². The predicted octanol–water partition coefficient (Wildman–Crippen LogP) is 2.63. The van der Waals surface area contributed by atoms with Gasteiger partial charge < -0.3 is 10.1 Å². The molecule has 2 nitrogen and oxygen atoms in total. The van der Waals surface area contributed by atoms with E-state index in [-0.39, 0.29) is 5.60 Å². The van der Waals surface area contributed by atoms with Crippen LogP contribution in [-0.4, -0.2) is 25.8 Å². The molecule has 1 aromatic carbocycles. The Balaban J connectivity index is 2.09. The van der Waals surface area contributed by atoms with Gasteiger partial charge in [-0.1, -0.05) is 30.3 Å². The molecule has 0 fully saturated rings. The zero-order valence-corrected chi connectivity index (χ0v) is 10.6. The van der Waals surface area contributed by atoms with Gasteiger partial charge in [0, 0.05) is 7.11 Å². The molecule has 1 N–H and O–H groups in total. The molecule has 0 aromatic heterocycles. The summed E-state index contributed by atoms with van der Waals surface area (Å²) in [6.45, 7) is 6.27. The average molecular weight is 221 g/mol. The first kappa shape index (κ1) is 13.2. The quantitative estimate of drug-likeness (QED) is 0.715. The largest absolute Gasteiger partial charge is 0.379 e. The number of methoxy groups -OCH3 is 1. The molecule has 0 atom stereocenters. The number of benzene rings is 1. The normalized spacial score (nSPS) is 11.7. The van der Waals surface area contributed by atoms with Crippen molar-refractivity contribution in [2.75, 3.05) is 20.2 Å². The first-order valence-corrected chi connectivity index (χ1v) is 5.94. The Morgan fingerprint density at radius 3 is 2.44 bits per heavy atom. The highest BCUT2D eigenvalue weighted by atomic mass is 16.5. The highest BCUT2D eigenvalue weighted by Gasteiger charge is 2.14. The van der Waals surface area contributed by atoms with E-state index in [1.54, 1.807) is 7.11 Å². The molecular formula is C14H23NO. The molecule has 0 aliphatic heterocycles. The fourth-order valence-corrected chi connectivity index (χ4v) is 1.49. The number of nitrogens with one attached hydrogen (secondary N) is 1. The second kappa shape index (κ2) is 6.66. The van der Waals surface area contributed by atoms with Crippen LogP contribution < -0.4 is 5.32 Å². The maximum atomic E-state index is 5.36. The number of hydrogen-bond acceptors (Lipinski definition) is 2. The zero-order valence-electron chi connectivity index (χ0n) is 10.6. The third-order valence-electron chi connectivity index (χ3n) is 2.89. The molecule has 0 amide bonds. The second-order valence-corrected chi connectivity index (χ2v) is 4.70. The number of rotatable bonds is 7. The Kier molecular flexibility index (Phi) is 5.50. The summed E-state index contributed by atoms with van der Waals surface area (Å²) in [4.78, 5) is 0. The summed E-state index contributed by atoms with van der Waals surface area (Å²) < 4.78 is 5.36.